The number of carbonyl (C=O) groups is 2. The molecule has 0 saturated heterocycles. The van der Waals surface area contributed by atoms with Crippen molar-refractivity contribution in [3.05, 3.63) is 104 Å². The quantitative estimate of drug-likeness (QED) is 0.344. The summed E-state index contributed by atoms with van der Waals surface area (Å²) in [7, 11) is 0. The number of nitrogens with one attached hydrogen (secondary N) is 1. The molecule has 0 saturated carbocycles. The number of nitro groups is 1. The Morgan fingerprint density at radius 2 is 1.61 bits per heavy atom. The average molecular weight is 415 g/mol. The molecule has 0 heterocycles. The van der Waals surface area contributed by atoms with Gasteiger partial charge in [0.25, 0.3) is 11.6 Å². The van der Waals surface area contributed by atoms with Crippen molar-refractivity contribution >= 4 is 46.3 Å². The summed E-state index contributed by atoms with van der Waals surface area (Å²) in [5, 5.41) is 13.7. The highest BCUT2D eigenvalue weighted by Crippen LogP contribution is 2.27. The summed E-state index contributed by atoms with van der Waals surface area (Å²) in [5.74, 6) is -0.919. The molecule has 140 valence electrons. The maximum atomic E-state index is 12.8. The van der Waals surface area contributed by atoms with Gasteiger partial charge in [-0.05, 0) is 24.3 Å². The molecule has 0 aliphatic carbocycles. The van der Waals surface area contributed by atoms with E-state index in [1.54, 1.807) is 30.3 Å². The smallest absolute Gasteiger partial charge is 0.270 e. The number of benzene rings is 3. The van der Waals surface area contributed by atoms with E-state index in [0.717, 1.165) is 6.07 Å². The summed E-state index contributed by atoms with van der Waals surface area (Å²) >= 11 is 12.0. The molecule has 0 radical (unpaired) electrons. The van der Waals surface area contributed by atoms with Gasteiger partial charge < -0.3 is 5.32 Å². The number of non-ortho nitro benzene ring substituents is 1. The van der Waals surface area contributed by atoms with Crippen LogP contribution in [0.1, 0.15) is 26.3 Å². The van der Waals surface area contributed by atoms with Crippen LogP contribution in [0.25, 0.3) is 0 Å². The summed E-state index contributed by atoms with van der Waals surface area (Å²) in [6, 6.07) is 16.6. The van der Waals surface area contributed by atoms with Gasteiger partial charge in [-0.25, -0.2) is 0 Å². The lowest BCUT2D eigenvalue weighted by Gasteiger charge is -2.12. The normalized spacial score (nSPS) is 10.4. The standard InChI is InChI=1S/C20H12Cl2N2O4/c21-13-6-9-18(16(10-13)19(25)12-4-2-1-3-5-12)23-20(26)15-8-7-14(24(27)28)11-17(15)22/h1-11H,(H,23,26). The number of ketones is 1. The lowest BCUT2D eigenvalue weighted by atomic mass is 10.0. The van der Waals surface area contributed by atoms with Crippen LogP contribution in [0.5, 0.6) is 0 Å². The van der Waals surface area contributed by atoms with Gasteiger partial charge in [0, 0.05) is 28.3 Å². The van der Waals surface area contributed by atoms with Crippen LogP contribution in [0, 0.1) is 10.1 Å². The lowest BCUT2D eigenvalue weighted by molar-refractivity contribution is -0.384. The molecule has 0 bridgehead atoms. The highest BCUT2D eigenvalue weighted by atomic mass is 35.5. The largest absolute Gasteiger partial charge is 0.321 e. The first-order valence-electron chi connectivity index (χ1n) is 8.01. The topological polar surface area (TPSA) is 89.3 Å². The van der Waals surface area contributed by atoms with Crippen molar-refractivity contribution in [2.24, 2.45) is 0 Å². The van der Waals surface area contributed by atoms with Gasteiger partial charge in [-0.1, -0.05) is 53.5 Å². The zero-order chi connectivity index (χ0) is 20.3. The van der Waals surface area contributed by atoms with Crippen LogP contribution in [0.2, 0.25) is 10.0 Å². The zero-order valence-electron chi connectivity index (χ0n) is 14.2. The molecule has 0 spiro atoms. The van der Waals surface area contributed by atoms with E-state index in [9.17, 15) is 19.7 Å². The maximum Gasteiger partial charge on any atom is 0.270 e. The second kappa shape index (κ2) is 8.21. The summed E-state index contributed by atoms with van der Waals surface area (Å²) in [6.45, 7) is 0. The first-order valence-corrected chi connectivity index (χ1v) is 8.77. The van der Waals surface area contributed by atoms with Crippen molar-refractivity contribution in [1.82, 2.24) is 0 Å². The molecule has 1 amide bonds. The molecule has 6 nitrogen and oxygen atoms in total. The second-order valence-electron chi connectivity index (χ2n) is 5.76. The first kappa shape index (κ1) is 19.5. The van der Waals surface area contributed by atoms with E-state index in [1.165, 1.54) is 30.3 Å². The van der Waals surface area contributed by atoms with Crippen LogP contribution >= 0.6 is 23.2 Å². The molecule has 3 aromatic rings. The summed E-state index contributed by atoms with van der Waals surface area (Å²) in [4.78, 5) is 35.6. The average Bonchev–Trinajstić information content (AvgIpc) is 2.69. The predicted octanol–water partition coefficient (Wildman–Crippen LogP) is 5.38. The van der Waals surface area contributed by atoms with E-state index in [1.807, 2.05) is 0 Å². The third-order valence-electron chi connectivity index (χ3n) is 3.92. The van der Waals surface area contributed by atoms with Crippen LogP contribution in [0.3, 0.4) is 0 Å². The minimum Gasteiger partial charge on any atom is -0.321 e. The molecule has 0 aromatic heterocycles. The Hall–Kier alpha value is -3.22. The van der Waals surface area contributed by atoms with Gasteiger partial charge in [-0.3, -0.25) is 19.7 Å². The van der Waals surface area contributed by atoms with Crippen molar-refractivity contribution in [1.29, 1.82) is 0 Å². The van der Waals surface area contributed by atoms with Crippen molar-refractivity contribution in [3.63, 3.8) is 0 Å². The number of rotatable bonds is 5. The van der Waals surface area contributed by atoms with E-state index in [2.05, 4.69) is 5.32 Å². The number of halogens is 2. The summed E-state index contributed by atoms with van der Waals surface area (Å²) in [5.41, 5.74) is 0.713. The number of nitro benzene ring substituents is 1. The van der Waals surface area contributed by atoms with E-state index in [0.29, 0.717) is 10.6 Å². The molecule has 8 heteroatoms. The maximum absolute atomic E-state index is 12.8. The number of amides is 1. The number of hydrogen-bond donors (Lipinski definition) is 1. The minimum atomic E-state index is -0.608. The van der Waals surface area contributed by atoms with Gasteiger partial charge >= 0.3 is 0 Å². The Labute approximate surface area is 169 Å². The fourth-order valence-electron chi connectivity index (χ4n) is 2.55. The van der Waals surface area contributed by atoms with Crippen molar-refractivity contribution in [2.75, 3.05) is 5.32 Å². The van der Waals surface area contributed by atoms with E-state index < -0.39 is 10.8 Å². The monoisotopic (exact) mass is 414 g/mol. The molecule has 0 aliphatic rings. The fraction of sp³-hybridized carbons (Fsp3) is 0. The van der Waals surface area contributed by atoms with Gasteiger partial charge in [0.15, 0.2) is 5.78 Å². The molecule has 0 atom stereocenters. The van der Waals surface area contributed by atoms with Gasteiger partial charge in [-0.15, -0.1) is 0 Å². The molecule has 0 fully saturated rings. The second-order valence-corrected chi connectivity index (χ2v) is 6.60. The summed E-state index contributed by atoms with van der Waals surface area (Å²) in [6.07, 6.45) is 0. The first-order chi connectivity index (χ1) is 13.4. The molecular formula is C20H12Cl2N2O4. The number of nitrogens with zero attached hydrogens (tertiary/aromatic N) is 1. The van der Waals surface area contributed by atoms with Crippen LogP contribution in [-0.2, 0) is 0 Å². The van der Waals surface area contributed by atoms with E-state index in [4.69, 9.17) is 23.2 Å². The van der Waals surface area contributed by atoms with Gasteiger partial charge in [0.05, 0.1) is 21.2 Å². The predicted molar refractivity (Wildman–Crippen MR) is 107 cm³/mol. The molecule has 1 N–H and O–H groups in total. The number of hydrogen-bond acceptors (Lipinski definition) is 4. The molecule has 3 rings (SSSR count). The molecule has 28 heavy (non-hydrogen) atoms. The molecule has 0 unspecified atom stereocenters. The number of anilines is 1. The highest BCUT2D eigenvalue weighted by Gasteiger charge is 2.19. The van der Waals surface area contributed by atoms with Gasteiger partial charge in [-0.2, -0.15) is 0 Å². The molecule has 3 aromatic carbocycles. The van der Waals surface area contributed by atoms with E-state index in [-0.39, 0.29) is 33.3 Å². The minimum absolute atomic E-state index is 0.0420. The van der Waals surface area contributed by atoms with Crippen LogP contribution < -0.4 is 5.32 Å². The third-order valence-corrected chi connectivity index (χ3v) is 4.47. The Morgan fingerprint density at radius 3 is 2.25 bits per heavy atom. The zero-order valence-corrected chi connectivity index (χ0v) is 15.7. The number of carbonyl (C=O) groups excluding carboxylic acids is 2. The van der Waals surface area contributed by atoms with Crippen LogP contribution in [0.15, 0.2) is 66.7 Å². The highest BCUT2D eigenvalue weighted by molar-refractivity contribution is 6.35. The Morgan fingerprint density at radius 1 is 0.893 bits per heavy atom. The Bertz CT molecular complexity index is 1080. The van der Waals surface area contributed by atoms with Crippen LogP contribution in [-0.4, -0.2) is 16.6 Å². The van der Waals surface area contributed by atoms with Gasteiger partial charge in [0.2, 0.25) is 0 Å². The lowest BCUT2D eigenvalue weighted by Crippen LogP contribution is -2.16. The molecular weight excluding hydrogens is 403 g/mol. The summed E-state index contributed by atoms with van der Waals surface area (Å²) < 4.78 is 0. The SMILES string of the molecule is O=C(Nc1ccc(Cl)cc1C(=O)c1ccccc1)c1ccc([N+](=O)[O-])cc1Cl. The van der Waals surface area contributed by atoms with Crippen molar-refractivity contribution < 1.29 is 14.5 Å². The van der Waals surface area contributed by atoms with Gasteiger partial charge in [0.1, 0.15) is 0 Å². The van der Waals surface area contributed by atoms with Crippen molar-refractivity contribution in [3.8, 4) is 0 Å². The molecule has 0 aliphatic heterocycles. The van der Waals surface area contributed by atoms with Crippen molar-refractivity contribution in [2.45, 2.75) is 0 Å². The Balaban J connectivity index is 1.94. The van der Waals surface area contributed by atoms with E-state index >= 15 is 0 Å². The Kier molecular flexibility index (Phi) is 5.73. The fourth-order valence-corrected chi connectivity index (χ4v) is 2.98. The van der Waals surface area contributed by atoms with Crippen LogP contribution in [0.4, 0.5) is 11.4 Å². The third kappa shape index (κ3) is 4.19.